The summed E-state index contributed by atoms with van der Waals surface area (Å²) >= 11 is 5.82. The number of aryl methyl sites for hydroxylation is 1. The van der Waals surface area contributed by atoms with E-state index >= 15 is 0 Å². The molecule has 0 aliphatic carbocycles. The molecule has 4 aromatic rings. The molecule has 0 unspecified atom stereocenters. The molecule has 176 valence electrons. The van der Waals surface area contributed by atoms with Crippen molar-refractivity contribution in [3.05, 3.63) is 82.5 Å². The maximum absolute atomic E-state index is 14.0. The first-order valence-corrected chi connectivity index (χ1v) is 11.7. The molecule has 2 aromatic heterocycles. The third kappa shape index (κ3) is 4.72. The predicted octanol–water partition coefficient (Wildman–Crippen LogP) is 5.43. The van der Waals surface area contributed by atoms with Gasteiger partial charge in [-0.05, 0) is 56.3 Å². The highest BCUT2D eigenvalue weighted by Crippen LogP contribution is 2.30. The summed E-state index contributed by atoms with van der Waals surface area (Å²) in [5, 5.41) is 10.5. The van der Waals surface area contributed by atoms with Crippen LogP contribution in [0.15, 0.2) is 54.6 Å². The number of imidazole rings is 1. The van der Waals surface area contributed by atoms with Crippen LogP contribution in [-0.2, 0) is 20.2 Å². The molecular weight excluding hydrogens is 455 g/mol. The SMILES string of the molecule is Cn1c(CN2CCC(c3cccc(OCc4ccc(Cl)cc4F)n3)CC2)nc2c(O)cccc21. The molecule has 0 spiro atoms. The van der Waals surface area contributed by atoms with Crippen LogP contribution in [0.3, 0.4) is 0 Å². The Hall–Kier alpha value is -3.16. The van der Waals surface area contributed by atoms with Gasteiger partial charge in [0.05, 0.1) is 12.1 Å². The number of phenolic OH excluding ortho intramolecular Hbond substituents is 1. The molecule has 1 fully saturated rings. The maximum atomic E-state index is 14.0. The zero-order chi connectivity index (χ0) is 23.7. The second-order valence-corrected chi connectivity index (χ2v) is 9.14. The quantitative estimate of drug-likeness (QED) is 0.399. The Balaban J connectivity index is 1.20. The number of ether oxygens (including phenoxy) is 1. The van der Waals surface area contributed by atoms with E-state index in [0.717, 1.165) is 49.5 Å². The number of nitrogens with zero attached hydrogens (tertiary/aromatic N) is 4. The van der Waals surface area contributed by atoms with Gasteiger partial charge in [-0.3, -0.25) is 4.90 Å². The van der Waals surface area contributed by atoms with E-state index in [0.29, 0.717) is 27.9 Å². The van der Waals surface area contributed by atoms with E-state index in [1.54, 1.807) is 24.3 Å². The highest BCUT2D eigenvalue weighted by molar-refractivity contribution is 6.30. The fraction of sp³-hybridized carbons (Fsp3) is 0.308. The molecule has 5 rings (SSSR count). The van der Waals surface area contributed by atoms with Crippen LogP contribution in [0.5, 0.6) is 11.6 Å². The largest absolute Gasteiger partial charge is 0.506 e. The first-order chi connectivity index (χ1) is 16.5. The summed E-state index contributed by atoms with van der Waals surface area (Å²) in [6.07, 6.45) is 1.97. The summed E-state index contributed by atoms with van der Waals surface area (Å²) < 4.78 is 21.8. The van der Waals surface area contributed by atoms with E-state index < -0.39 is 0 Å². The zero-order valence-corrected chi connectivity index (χ0v) is 19.7. The van der Waals surface area contributed by atoms with Crippen LogP contribution in [0.2, 0.25) is 5.02 Å². The number of aromatic nitrogens is 3. The number of halogens is 2. The Morgan fingerprint density at radius 3 is 2.65 bits per heavy atom. The number of hydrogen-bond donors (Lipinski definition) is 1. The van der Waals surface area contributed by atoms with Crippen LogP contribution in [-0.4, -0.2) is 37.6 Å². The number of aromatic hydroxyl groups is 1. The van der Waals surface area contributed by atoms with Crippen molar-refractivity contribution in [2.75, 3.05) is 13.1 Å². The van der Waals surface area contributed by atoms with E-state index in [2.05, 4.69) is 14.9 Å². The number of benzene rings is 2. The van der Waals surface area contributed by atoms with Gasteiger partial charge in [0.25, 0.3) is 0 Å². The number of piperidine rings is 1. The van der Waals surface area contributed by atoms with Crippen LogP contribution in [0, 0.1) is 5.82 Å². The molecule has 0 bridgehead atoms. The monoisotopic (exact) mass is 480 g/mol. The molecule has 6 nitrogen and oxygen atoms in total. The van der Waals surface area contributed by atoms with Gasteiger partial charge in [0.2, 0.25) is 5.88 Å². The number of likely N-dealkylation sites (tertiary alicyclic amines) is 1. The average Bonchev–Trinajstić information content (AvgIpc) is 3.16. The van der Waals surface area contributed by atoms with Crippen molar-refractivity contribution < 1.29 is 14.2 Å². The van der Waals surface area contributed by atoms with E-state index in [4.69, 9.17) is 16.3 Å². The Labute approximate surface area is 202 Å². The van der Waals surface area contributed by atoms with Crippen molar-refractivity contribution in [2.24, 2.45) is 7.05 Å². The molecule has 8 heteroatoms. The first kappa shape index (κ1) is 22.6. The number of pyridine rings is 1. The molecule has 1 saturated heterocycles. The lowest BCUT2D eigenvalue weighted by Crippen LogP contribution is -2.33. The summed E-state index contributed by atoms with van der Waals surface area (Å²) in [6, 6.07) is 15.8. The fourth-order valence-corrected chi connectivity index (χ4v) is 4.66. The van der Waals surface area contributed by atoms with Gasteiger partial charge in [-0.1, -0.05) is 29.8 Å². The van der Waals surface area contributed by atoms with E-state index in [1.165, 1.54) is 6.07 Å². The summed E-state index contributed by atoms with van der Waals surface area (Å²) in [5.41, 5.74) is 3.03. The Morgan fingerprint density at radius 1 is 1.09 bits per heavy atom. The molecule has 0 radical (unpaired) electrons. The second kappa shape index (κ2) is 9.60. The highest BCUT2D eigenvalue weighted by atomic mass is 35.5. The minimum Gasteiger partial charge on any atom is -0.506 e. The molecule has 1 N–H and O–H groups in total. The van der Waals surface area contributed by atoms with Gasteiger partial charge in [0.15, 0.2) is 0 Å². The van der Waals surface area contributed by atoms with Crippen molar-refractivity contribution in [3.8, 4) is 11.6 Å². The lowest BCUT2D eigenvalue weighted by molar-refractivity contribution is 0.197. The molecule has 0 atom stereocenters. The molecule has 1 aliphatic heterocycles. The van der Waals surface area contributed by atoms with Crippen LogP contribution < -0.4 is 4.74 Å². The summed E-state index contributed by atoms with van der Waals surface area (Å²) in [5.74, 6) is 1.61. The molecule has 0 amide bonds. The number of para-hydroxylation sites is 1. The van der Waals surface area contributed by atoms with Crippen molar-refractivity contribution in [3.63, 3.8) is 0 Å². The Bertz CT molecular complexity index is 1320. The van der Waals surface area contributed by atoms with Crippen molar-refractivity contribution in [2.45, 2.75) is 31.9 Å². The Morgan fingerprint density at radius 2 is 1.88 bits per heavy atom. The molecular formula is C26H26ClFN4O2. The van der Waals surface area contributed by atoms with E-state index in [-0.39, 0.29) is 18.2 Å². The number of phenols is 1. The number of rotatable bonds is 6. The second-order valence-electron chi connectivity index (χ2n) is 8.71. The molecule has 2 aromatic carbocycles. The van der Waals surface area contributed by atoms with Gasteiger partial charge in [-0.2, -0.15) is 0 Å². The van der Waals surface area contributed by atoms with E-state index in [1.807, 2.05) is 35.9 Å². The number of hydrogen-bond acceptors (Lipinski definition) is 5. The van der Waals surface area contributed by atoms with Crippen molar-refractivity contribution in [1.82, 2.24) is 19.4 Å². The van der Waals surface area contributed by atoms with Crippen LogP contribution >= 0.6 is 11.6 Å². The predicted molar refractivity (Wildman–Crippen MR) is 130 cm³/mol. The summed E-state index contributed by atoms with van der Waals surface area (Å²) in [7, 11) is 1.99. The highest BCUT2D eigenvalue weighted by Gasteiger charge is 2.23. The normalized spacial score (nSPS) is 15.1. The number of fused-ring (bicyclic) bond motifs is 1. The van der Waals surface area contributed by atoms with Crippen LogP contribution in [0.1, 0.15) is 35.8 Å². The topological polar surface area (TPSA) is 63.4 Å². The van der Waals surface area contributed by atoms with Gasteiger partial charge in [-0.25, -0.2) is 14.4 Å². The summed E-state index contributed by atoms with van der Waals surface area (Å²) in [6.45, 7) is 2.71. The maximum Gasteiger partial charge on any atom is 0.213 e. The van der Waals surface area contributed by atoms with Crippen LogP contribution in [0.4, 0.5) is 4.39 Å². The lowest BCUT2D eigenvalue weighted by atomic mass is 9.93. The fourth-order valence-electron chi connectivity index (χ4n) is 4.51. The lowest BCUT2D eigenvalue weighted by Gasteiger charge is -2.31. The standard InChI is InChI=1S/C26H26ClFN4O2/c1-31-22-5-3-6-23(33)26(22)30-24(31)15-32-12-10-17(11-13-32)21-4-2-7-25(29-21)34-16-18-8-9-19(27)14-20(18)28/h2-9,14,17,33H,10-13,15-16H2,1H3. The molecule has 1 aliphatic rings. The van der Waals surface area contributed by atoms with Gasteiger partial charge in [-0.15, -0.1) is 0 Å². The first-order valence-electron chi connectivity index (χ1n) is 11.4. The molecule has 34 heavy (non-hydrogen) atoms. The third-order valence-electron chi connectivity index (χ3n) is 6.49. The Kier molecular flexibility index (Phi) is 6.39. The van der Waals surface area contributed by atoms with Gasteiger partial charge in [0, 0.05) is 35.3 Å². The minimum atomic E-state index is -0.383. The summed E-state index contributed by atoms with van der Waals surface area (Å²) in [4.78, 5) is 11.7. The average molecular weight is 481 g/mol. The van der Waals surface area contributed by atoms with Crippen molar-refractivity contribution >= 4 is 22.6 Å². The zero-order valence-electron chi connectivity index (χ0n) is 18.9. The molecule has 3 heterocycles. The molecule has 0 saturated carbocycles. The van der Waals surface area contributed by atoms with Gasteiger partial charge < -0.3 is 14.4 Å². The smallest absolute Gasteiger partial charge is 0.213 e. The van der Waals surface area contributed by atoms with Crippen LogP contribution in [0.25, 0.3) is 11.0 Å². The van der Waals surface area contributed by atoms with E-state index in [9.17, 15) is 9.50 Å². The third-order valence-corrected chi connectivity index (χ3v) is 6.72. The minimum absolute atomic E-state index is 0.103. The van der Waals surface area contributed by atoms with Gasteiger partial charge >= 0.3 is 0 Å². The van der Waals surface area contributed by atoms with Crippen molar-refractivity contribution in [1.29, 1.82) is 0 Å². The van der Waals surface area contributed by atoms with Gasteiger partial charge in [0.1, 0.15) is 29.5 Å².